The minimum absolute atomic E-state index is 0.0779. The minimum Gasteiger partial charge on any atom is -0.423 e. The summed E-state index contributed by atoms with van der Waals surface area (Å²) in [6.45, 7) is 0.0779. The smallest absolute Gasteiger partial charge is 0.423 e. The topological polar surface area (TPSA) is 88.5 Å². The third-order valence-electron chi connectivity index (χ3n) is 2.42. The monoisotopic (exact) mass is 218 g/mol. The Hall–Kier alpha value is -1.79. The van der Waals surface area contributed by atoms with Gasteiger partial charge in [-0.25, -0.2) is 0 Å². The SMILES string of the molecule is NC(=O)Cn1ccc2ccc(B(O)O)cc21. The van der Waals surface area contributed by atoms with Gasteiger partial charge in [0.15, 0.2) is 0 Å². The van der Waals surface area contributed by atoms with Crippen LogP contribution in [-0.2, 0) is 11.3 Å². The molecule has 1 heterocycles. The van der Waals surface area contributed by atoms with E-state index >= 15 is 0 Å². The van der Waals surface area contributed by atoms with Crippen molar-refractivity contribution in [3.05, 3.63) is 30.5 Å². The van der Waals surface area contributed by atoms with Gasteiger partial charge in [0.25, 0.3) is 0 Å². The molecule has 0 saturated heterocycles. The van der Waals surface area contributed by atoms with Gasteiger partial charge >= 0.3 is 7.12 Å². The van der Waals surface area contributed by atoms with Crippen LogP contribution in [0.3, 0.4) is 0 Å². The van der Waals surface area contributed by atoms with Gasteiger partial charge in [-0.2, -0.15) is 0 Å². The molecule has 0 aliphatic rings. The third-order valence-corrected chi connectivity index (χ3v) is 2.42. The van der Waals surface area contributed by atoms with Crippen molar-refractivity contribution in [2.24, 2.45) is 5.73 Å². The van der Waals surface area contributed by atoms with Crippen molar-refractivity contribution in [2.75, 3.05) is 0 Å². The number of primary amides is 1. The molecule has 6 heteroatoms. The van der Waals surface area contributed by atoms with E-state index in [0.717, 1.165) is 10.9 Å². The molecule has 82 valence electrons. The molecule has 0 bridgehead atoms. The average molecular weight is 218 g/mol. The van der Waals surface area contributed by atoms with Crippen molar-refractivity contribution in [1.82, 2.24) is 4.57 Å². The fraction of sp³-hybridized carbons (Fsp3) is 0.100. The van der Waals surface area contributed by atoms with E-state index < -0.39 is 13.0 Å². The molecule has 0 fully saturated rings. The molecule has 0 atom stereocenters. The first kappa shape index (κ1) is 10.7. The molecule has 5 nitrogen and oxygen atoms in total. The van der Waals surface area contributed by atoms with Gasteiger partial charge in [0.1, 0.15) is 6.54 Å². The van der Waals surface area contributed by atoms with Crippen LogP contribution in [0.4, 0.5) is 0 Å². The Labute approximate surface area is 92.2 Å². The molecule has 4 N–H and O–H groups in total. The molecule has 1 aromatic carbocycles. The Bertz CT molecular complexity index is 536. The second-order valence-electron chi connectivity index (χ2n) is 3.60. The van der Waals surface area contributed by atoms with E-state index in [9.17, 15) is 4.79 Å². The quantitative estimate of drug-likeness (QED) is 0.565. The van der Waals surface area contributed by atoms with Gasteiger partial charge in [0.2, 0.25) is 5.91 Å². The van der Waals surface area contributed by atoms with Crippen LogP contribution in [0.25, 0.3) is 10.9 Å². The first-order chi connectivity index (χ1) is 7.58. The zero-order chi connectivity index (χ0) is 11.7. The van der Waals surface area contributed by atoms with E-state index in [-0.39, 0.29) is 6.54 Å². The van der Waals surface area contributed by atoms with E-state index in [4.69, 9.17) is 15.8 Å². The summed E-state index contributed by atoms with van der Waals surface area (Å²) < 4.78 is 1.67. The van der Waals surface area contributed by atoms with Crippen LogP contribution in [0.5, 0.6) is 0 Å². The predicted octanol–water partition coefficient (Wildman–Crippen LogP) is -1.19. The van der Waals surface area contributed by atoms with Gasteiger partial charge in [-0.05, 0) is 23.0 Å². The van der Waals surface area contributed by atoms with E-state index in [1.807, 2.05) is 6.07 Å². The number of carbonyl (C=O) groups excluding carboxylic acids is 1. The third kappa shape index (κ3) is 1.93. The Morgan fingerprint density at radius 3 is 2.75 bits per heavy atom. The van der Waals surface area contributed by atoms with Gasteiger partial charge in [-0.1, -0.05) is 12.1 Å². The second-order valence-corrected chi connectivity index (χ2v) is 3.60. The van der Waals surface area contributed by atoms with Gasteiger partial charge in [0.05, 0.1) is 0 Å². The fourth-order valence-corrected chi connectivity index (χ4v) is 1.67. The Kier molecular flexibility index (Phi) is 2.68. The van der Waals surface area contributed by atoms with Crippen molar-refractivity contribution in [3.63, 3.8) is 0 Å². The number of hydrogen-bond acceptors (Lipinski definition) is 3. The standard InChI is InChI=1S/C10H11BN2O3/c12-10(14)6-13-4-3-7-1-2-8(11(15)16)5-9(7)13/h1-5,15-16H,6H2,(H2,12,14). The van der Waals surface area contributed by atoms with Crippen LogP contribution in [0.2, 0.25) is 0 Å². The van der Waals surface area contributed by atoms with E-state index in [2.05, 4.69) is 0 Å². The van der Waals surface area contributed by atoms with Crippen LogP contribution >= 0.6 is 0 Å². The lowest BCUT2D eigenvalue weighted by Gasteiger charge is -2.04. The number of nitrogens with two attached hydrogens (primary N) is 1. The minimum atomic E-state index is -1.51. The van der Waals surface area contributed by atoms with Gasteiger partial charge in [-0.15, -0.1) is 0 Å². The second kappa shape index (κ2) is 4.00. The van der Waals surface area contributed by atoms with E-state index in [1.165, 1.54) is 0 Å². The summed E-state index contributed by atoms with van der Waals surface area (Å²) in [7, 11) is -1.51. The maximum Gasteiger partial charge on any atom is 0.488 e. The van der Waals surface area contributed by atoms with Crippen molar-refractivity contribution < 1.29 is 14.8 Å². The number of amides is 1. The molecule has 2 aromatic rings. The van der Waals surface area contributed by atoms with Gasteiger partial charge in [0, 0.05) is 11.7 Å². The van der Waals surface area contributed by atoms with Crippen molar-refractivity contribution in [1.29, 1.82) is 0 Å². The van der Waals surface area contributed by atoms with Crippen LogP contribution in [0.1, 0.15) is 0 Å². The molecule has 0 aliphatic carbocycles. The molecule has 16 heavy (non-hydrogen) atoms. The summed E-state index contributed by atoms with van der Waals surface area (Å²) in [4.78, 5) is 10.8. The Morgan fingerprint density at radius 2 is 2.12 bits per heavy atom. The molecular formula is C10H11BN2O3. The lowest BCUT2D eigenvalue weighted by atomic mass is 9.80. The highest BCUT2D eigenvalue weighted by Gasteiger charge is 2.12. The molecule has 2 rings (SSSR count). The zero-order valence-corrected chi connectivity index (χ0v) is 8.50. The summed E-state index contributed by atoms with van der Waals surface area (Å²) in [5, 5.41) is 19.0. The molecule has 1 aromatic heterocycles. The number of carbonyl (C=O) groups is 1. The van der Waals surface area contributed by atoms with Crippen molar-refractivity contribution in [2.45, 2.75) is 6.54 Å². The van der Waals surface area contributed by atoms with E-state index in [0.29, 0.717) is 5.46 Å². The predicted molar refractivity (Wildman–Crippen MR) is 61.0 cm³/mol. The number of benzene rings is 1. The normalized spacial score (nSPS) is 10.6. The van der Waals surface area contributed by atoms with Gasteiger partial charge < -0.3 is 20.3 Å². The van der Waals surface area contributed by atoms with Crippen molar-refractivity contribution in [3.8, 4) is 0 Å². The highest BCUT2D eigenvalue weighted by molar-refractivity contribution is 6.58. The first-order valence-corrected chi connectivity index (χ1v) is 4.81. The van der Waals surface area contributed by atoms with E-state index in [1.54, 1.807) is 29.0 Å². The lowest BCUT2D eigenvalue weighted by Crippen LogP contribution is -2.29. The molecule has 1 amide bonds. The molecule has 0 saturated carbocycles. The zero-order valence-electron chi connectivity index (χ0n) is 8.50. The number of nitrogens with zero attached hydrogens (tertiary/aromatic N) is 1. The Balaban J connectivity index is 2.51. The number of hydrogen-bond donors (Lipinski definition) is 3. The fourth-order valence-electron chi connectivity index (χ4n) is 1.67. The van der Waals surface area contributed by atoms with Crippen LogP contribution in [0.15, 0.2) is 30.5 Å². The van der Waals surface area contributed by atoms with Crippen molar-refractivity contribution >= 4 is 29.4 Å². The maximum absolute atomic E-state index is 10.8. The van der Waals surface area contributed by atoms with Crippen LogP contribution in [0, 0.1) is 0 Å². The molecule has 0 radical (unpaired) electrons. The molecule has 0 spiro atoms. The number of aromatic nitrogens is 1. The summed E-state index contributed by atoms with van der Waals surface area (Å²) in [6, 6.07) is 6.86. The highest BCUT2D eigenvalue weighted by Crippen LogP contribution is 2.13. The van der Waals surface area contributed by atoms with Gasteiger partial charge in [-0.3, -0.25) is 4.79 Å². The largest absolute Gasteiger partial charge is 0.488 e. The molecule has 0 unspecified atom stereocenters. The van der Waals surface area contributed by atoms with Crippen LogP contribution < -0.4 is 11.2 Å². The average Bonchev–Trinajstić information content (AvgIpc) is 2.60. The maximum atomic E-state index is 10.8. The molecule has 0 aliphatic heterocycles. The lowest BCUT2D eigenvalue weighted by molar-refractivity contribution is -0.118. The summed E-state index contributed by atoms with van der Waals surface area (Å²) in [6.07, 6.45) is 1.74. The Morgan fingerprint density at radius 1 is 1.38 bits per heavy atom. The number of fused-ring (bicyclic) bond motifs is 1. The number of rotatable bonds is 3. The van der Waals surface area contributed by atoms with Crippen LogP contribution in [-0.4, -0.2) is 27.6 Å². The highest BCUT2D eigenvalue weighted by atomic mass is 16.4. The summed E-state index contributed by atoms with van der Waals surface area (Å²) >= 11 is 0. The summed E-state index contributed by atoms with van der Waals surface area (Å²) in [5.41, 5.74) is 6.25. The molecular weight excluding hydrogens is 207 g/mol. The summed E-state index contributed by atoms with van der Waals surface area (Å²) in [5.74, 6) is -0.438. The first-order valence-electron chi connectivity index (χ1n) is 4.81.